The Kier molecular flexibility index (Phi) is 3.23. The predicted octanol–water partition coefficient (Wildman–Crippen LogP) is 1.13. The first-order chi connectivity index (χ1) is 8.16. The number of β-lactam (4-membered cyclic amide) rings is 1. The molecule has 1 heterocycles. The van der Waals surface area contributed by atoms with E-state index in [4.69, 9.17) is 4.74 Å². The molecule has 0 radical (unpaired) electrons. The van der Waals surface area contributed by atoms with Gasteiger partial charge >= 0.3 is 5.97 Å². The molecule has 1 aromatic carbocycles. The lowest BCUT2D eigenvalue weighted by molar-refractivity contribution is -0.162. The van der Waals surface area contributed by atoms with Gasteiger partial charge in [-0.1, -0.05) is 42.5 Å². The molecular weight excluding hydrogens is 218 g/mol. The number of carbonyl (C=O) groups is 2. The highest BCUT2D eigenvalue weighted by Crippen LogP contribution is 2.14. The van der Waals surface area contributed by atoms with Gasteiger partial charge in [-0.25, -0.2) is 0 Å². The van der Waals surface area contributed by atoms with Crippen LogP contribution in [0, 0.1) is 0 Å². The molecule has 2 rings (SSSR count). The van der Waals surface area contributed by atoms with Crippen LogP contribution in [-0.2, 0) is 14.3 Å². The zero-order valence-corrected chi connectivity index (χ0v) is 9.42. The van der Waals surface area contributed by atoms with Crippen molar-refractivity contribution in [1.82, 2.24) is 5.32 Å². The molecule has 4 heteroatoms. The van der Waals surface area contributed by atoms with Gasteiger partial charge in [-0.2, -0.15) is 0 Å². The first kappa shape index (κ1) is 11.4. The first-order valence-corrected chi connectivity index (χ1v) is 5.37. The van der Waals surface area contributed by atoms with Gasteiger partial charge in [-0.3, -0.25) is 9.59 Å². The third kappa shape index (κ3) is 2.72. The number of amides is 1. The van der Waals surface area contributed by atoms with Crippen LogP contribution in [0.5, 0.6) is 0 Å². The molecule has 17 heavy (non-hydrogen) atoms. The molecule has 2 atom stereocenters. The number of hydrogen-bond donors (Lipinski definition) is 1. The monoisotopic (exact) mass is 231 g/mol. The summed E-state index contributed by atoms with van der Waals surface area (Å²) in [5.41, 5.74) is 1.04. The van der Waals surface area contributed by atoms with E-state index >= 15 is 0 Å². The quantitative estimate of drug-likeness (QED) is 0.626. The highest BCUT2D eigenvalue weighted by molar-refractivity contribution is 5.91. The molecule has 1 saturated heterocycles. The second kappa shape index (κ2) is 4.82. The lowest BCUT2D eigenvalue weighted by atomic mass is 10.0. The van der Waals surface area contributed by atoms with Crippen LogP contribution in [0.25, 0.3) is 6.08 Å². The van der Waals surface area contributed by atoms with Gasteiger partial charge in [0.25, 0.3) is 5.91 Å². The zero-order chi connectivity index (χ0) is 12.3. The molecule has 1 aromatic rings. The van der Waals surface area contributed by atoms with Crippen LogP contribution in [-0.4, -0.2) is 24.0 Å². The van der Waals surface area contributed by atoms with E-state index in [9.17, 15) is 9.59 Å². The SMILES string of the molecule is CC(=O)OC1C(=O)NC1/C=C/c1ccccc1. The third-order valence-electron chi connectivity index (χ3n) is 2.48. The van der Waals surface area contributed by atoms with Crippen molar-refractivity contribution in [3.8, 4) is 0 Å². The average Bonchev–Trinajstić information content (AvgIpc) is 2.33. The lowest BCUT2D eigenvalue weighted by Gasteiger charge is -2.33. The molecule has 1 N–H and O–H groups in total. The molecular formula is C13H13NO3. The topological polar surface area (TPSA) is 55.4 Å². The Morgan fingerprint density at radius 2 is 2.06 bits per heavy atom. The Morgan fingerprint density at radius 3 is 2.65 bits per heavy atom. The van der Waals surface area contributed by atoms with Crippen molar-refractivity contribution in [3.05, 3.63) is 42.0 Å². The predicted molar refractivity (Wildman–Crippen MR) is 63.0 cm³/mol. The van der Waals surface area contributed by atoms with Crippen LogP contribution in [0.15, 0.2) is 36.4 Å². The summed E-state index contributed by atoms with van der Waals surface area (Å²) < 4.78 is 4.90. The molecule has 1 fully saturated rings. The van der Waals surface area contributed by atoms with E-state index in [1.807, 2.05) is 42.5 Å². The summed E-state index contributed by atoms with van der Waals surface area (Å²) in [6, 6.07) is 9.48. The Hall–Kier alpha value is -2.10. The molecule has 4 nitrogen and oxygen atoms in total. The van der Waals surface area contributed by atoms with Crippen molar-refractivity contribution in [2.24, 2.45) is 0 Å². The fourth-order valence-corrected chi connectivity index (χ4v) is 1.62. The summed E-state index contributed by atoms with van der Waals surface area (Å²) in [4.78, 5) is 22.0. The van der Waals surface area contributed by atoms with E-state index in [0.717, 1.165) is 5.56 Å². The number of esters is 1. The maximum absolute atomic E-state index is 11.2. The van der Waals surface area contributed by atoms with E-state index in [2.05, 4.69) is 5.32 Å². The standard InChI is InChI=1S/C13H13NO3/c1-9(15)17-12-11(14-13(12)16)8-7-10-5-3-2-4-6-10/h2-8,11-12H,1H3,(H,14,16)/b8-7+. The van der Waals surface area contributed by atoms with Crippen LogP contribution >= 0.6 is 0 Å². The minimum atomic E-state index is -0.688. The fourth-order valence-electron chi connectivity index (χ4n) is 1.62. The normalized spacial score (nSPS) is 23.0. The number of benzene rings is 1. The molecule has 0 aliphatic carbocycles. The largest absolute Gasteiger partial charge is 0.450 e. The maximum atomic E-state index is 11.2. The number of carbonyl (C=O) groups excluding carboxylic acids is 2. The Balaban J connectivity index is 1.98. The summed E-state index contributed by atoms with van der Waals surface area (Å²) in [6.07, 6.45) is 3.03. The Bertz CT molecular complexity index is 453. The minimum absolute atomic E-state index is 0.230. The second-order valence-corrected chi connectivity index (χ2v) is 3.83. The van der Waals surface area contributed by atoms with Gasteiger partial charge in [0.05, 0.1) is 6.04 Å². The zero-order valence-electron chi connectivity index (χ0n) is 9.42. The number of rotatable bonds is 3. The molecule has 88 valence electrons. The van der Waals surface area contributed by atoms with Crippen molar-refractivity contribution in [3.63, 3.8) is 0 Å². The van der Waals surface area contributed by atoms with E-state index < -0.39 is 12.1 Å². The van der Waals surface area contributed by atoms with Crippen LogP contribution < -0.4 is 5.32 Å². The lowest BCUT2D eigenvalue weighted by Crippen LogP contribution is -2.62. The molecule has 0 saturated carbocycles. The Labute approximate surface area is 99.3 Å². The molecule has 1 aliphatic rings. The smallest absolute Gasteiger partial charge is 0.303 e. The average molecular weight is 231 g/mol. The molecule has 0 spiro atoms. The van der Waals surface area contributed by atoms with Crippen molar-refractivity contribution in [2.75, 3.05) is 0 Å². The molecule has 1 aliphatic heterocycles. The van der Waals surface area contributed by atoms with Crippen molar-refractivity contribution < 1.29 is 14.3 Å². The third-order valence-corrected chi connectivity index (χ3v) is 2.48. The van der Waals surface area contributed by atoms with E-state index in [1.54, 1.807) is 0 Å². The maximum Gasteiger partial charge on any atom is 0.303 e. The van der Waals surface area contributed by atoms with Gasteiger partial charge in [0.2, 0.25) is 6.10 Å². The van der Waals surface area contributed by atoms with Crippen LogP contribution in [0.4, 0.5) is 0 Å². The summed E-state index contributed by atoms with van der Waals surface area (Å²) in [5, 5.41) is 2.67. The molecule has 2 unspecified atom stereocenters. The van der Waals surface area contributed by atoms with E-state index in [-0.39, 0.29) is 11.9 Å². The summed E-state index contributed by atoms with van der Waals surface area (Å²) >= 11 is 0. The highest BCUT2D eigenvalue weighted by Gasteiger charge is 2.40. The van der Waals surface area contributed by atoms with Gasteiger partial charge in [0.15, 0.2) is 0 Å². The molecule has 1 amide bonds. The van der Waals surface area contributed by atoms with Crippen molar-refractivity contribution >= 4 is 18.0 Å². The summed E-state index contributed by atoms with van der Waals surface area (Å²) in [7, 11) is 0. The second-order valence-electron chi connectivity index (χ2n) is 3.83. The summed E-state index contributed by atoms with van der Waals surface area (Å²) in [6.45, 7) is 1.30. The van der Waals surface area contributed by atoms with Gasteiger partial charge in [-0.05, 0) is 5.56 Å². The fraction of sp³-hybridized carbons (Fsp3) is 0.231. The van der Waals surface area contributed by atoms with Crippen LogP contribution in [0.3, 0.4) is 0 Å². The number of ether oxygens (including phenoxy) is 1. The first-order valence-electron chi connectivity index (χ1n) is 5.37. The van der Waals surface area contributed by atoms with Crippen LogP contribution in [0.2, 0.25) is 0 Å². The molecule has 0 bridgehead atoms. The number of nitrogens with one attached hydrogen (secondary N) is 1. The molecule has 0 aromatic heterocycles. The van der Waals surface area contributed by atoms with Gasteiger partial charge in [0.1, 0.15) is 0 Å². The van der Waals surface area contributed by atoms with Gasteiger partial charge in [0, 0.05) is 6.92 Å². The van der Waals surface area contributed by atoms with Gasteiger partial charge in [-0.15, -0.1) is 0 Å². The summed E-state index contributed by atoms with van der Waals surface area (Å²) in [5.74, 6) is -0.689. The van der Waals surface area contributed by atoms with E-state index in [1.165, 1.54) is 6.92 Å². The van der Waals surface area contributed by atoms with Crippen LogP contribution in [0.1, 0.15) is 12.5 Å². The number of hydrogen-bond acceptors (Lipinski definition) is 3. The van der Waals surface area contributed by atoms with Crippen molar-refractivity contribution in [1.29, 1.82) is 0 Å². The van der Waals surface area contributed by atoms with Gasteiger partial charge < -0.3 is 10.1 Å². The minimum Gasteiger partial charge on any atom is -0.450 e. The van der Waals surface area contributed by atoms with Crippen molar-refractivity contribution in [2.45, 2.75) is 19.1 Å². The van der Waals surface area contributed by atoms with E-state index in [0.29, 0.717) is 0 Å². The Morgan fingerprint density at radius 1 is 1.35 bits per heavy atom. The highest BCUT2D eigenvalue weighted by atomic mass is 16.6.